The molecule has 4 N–H and O–H groups in total. The van der Waals surface area contributed by atoms with E-state index in [4.69, 9.17) is 15.6 Å². The molecular formula is C15H17N7OS. The van der Waals surface area contributed by atoms with Gasteiger partial charge in [0.05, 0.1) is 29.8 Å². The number of anilines is 2. The van der Waals surface area contributed by atoms with Gasteiger partial charge in [0, 0.05) is 24.0 Å². The number of hydrazine groups is 1. The number of aromatic nitrogens is 4. The molecule has 0 amide bonds. The summed E-state index contributed by atoms with van der Waals surface area (Å²) in [6.45, 7) is 2.83. The number of H-pyrrole nitrogens is 1. The van der Waals surface area contributed by atoms with E-state index in [0.29, 0.717) is 29.8 Å². The van der Waals surface area contributed by atoms with E-state index >= 15 is 0 Å². The Bertz CT molecular complexity index is 875. The molecule has 1 aliphatic rings. The molecule has 0 unspecified atom stereocenters. The third-order valence-electron chi connectivity index (χ3n) is 4.04. The second-order valence-electron chi connectivity index (χ2n) is 5.45. The highest BCUT2D eigenvalue weighted by Gasteiger charge is 2.20. The second-order valence-corrected chi connectivity index (χ2v) is 5.90. The molecule has 1 fully saturated rings. The van der Waals surface area contributed by atoms with E-state index in [9.17, 15) is 0 Å². The predicted octanol–water partition coefficient (Wildman–Crippen LogP) is 1.43. The molecule has 8 nitrogen and oxygen atoms in total. The van der Waals surface area contributed by atoms with Gasteiger partial charge in [-0.25, -0.2) is 15.8 Å². The van der Waals surface area contributed by atoms with Crippen LogP contribution in [0.2, 0.25) is 0 Å². The lowest BCUT2D eigenvalue weighted by atomic mass is 10.1. The van der Waals surface area contributed by atoms with Crippen LogP contribution in [-0.2, 0) is 4.74 Å². The smallest absolute Gasteiger partial charge is 0.164 e. The summed E-state index contributed by atoms with van der Waals surface area (Å²) < 4.78 is 5.42. The fourth-order valence-corrected chi connectivity index (χ4v) is 3.13. The first kappa shape index (κ1) is 15.2. The van der Waals surface area contributed by atoms with Crippen molar-refractivity contribution in [2.45, 2.75) is 4.90 Å². The van der Waals surface area contributed by atoms with Crippen LogP contribution in [0.15, 0.2) is 29.3 Å². The lowest BCUT2D eigenvalue weighted by Crippen LogP contribution is -2.37. The van der Waals surface area contributed by atoms with Gasteiger partial charge in [0.25, 0.3) is 0 Å². The summed E-state index contributed by atoms with van der Waals surface area (Å²) in [6.07, 6.45) is 1.77. The summed E-state index contributed by atoms with van der Waals surface area (Å²) in [5.74, 6) is 7.46. The Kier molecular flexibility index (Phi) is 3.97. The van der Waals surface area contributed by atoms with Crippen LogP contribution in [0.1, 0.15) is 0 Å². The van der Waals surface area contributed by atoms with Gasteiger partial charge < -0.3 is 15.1 Å². The lowest BCUT2D eigenvalue weighted by molar-refractivity contribution is 0.122. The minimum absolute atomic E-state index is 0.491. The van der Waals surface area contributed by atoms with Gasteiger partial charge in [0.2, 0.25) is 0 Å². The zero-order chi connectivity index (χ0) is 16.5. The third-order valence-corrected chi connectivity index (χ3v) is 4.45. The summed E-state index contributed by atoms with van der Waals surface area (Å²) in [5, 5.41) is 8.02. The zero-order valence-corrected chi connectivity index (χ0v) is 13.8. The number of aromatic amines is 1. The fraction of sp³-hybridized carbons (Fsp3) is 0.267. The Morgan fingerprint density at radius 1 is 1.25 bits per heavy atom. The molecule has 0 atom stereocenters. The summed E-state index contributed by atoms with van der Waals surface area (Å²) in [6, 6.07) is 5.87. The number of hydrogen-bond donors (Lipinski definition) is 4. The lowest BCUT2D eigenvalue weighted by Gasteiger charge is -2.29. The maximum atomic E-state index is 5.64. The average Bonchev–Trinajstić information content (AvgIpc) is 3.11. The standard InChI is InChI=1S/C15H17N7OS/c16-20-14-12(24)15(22-4-6-23-7-5-22)19-13(18-14)9-2-1-3-11-10(9)8-17-21-11/h1-3,8,24H,4-7,16H2,(H,17,21)(H,18,19,20). The maximum absolute atomic E-state index is 5.64. The zero-order valence-electron chi connectivity index (χ0n) is 12.9. The summed E-state index contributed by atoms with van der Waals surface area (Å²) in [4.78, 5) is 12.0. The first-order chi connectivity index (χ1) is 11.8. The van der Waals surface area contributed by atoms with Crippen molar-refractivity contribution >= 4 is 35.2 Å². The van der Waals surface area contributed by atoms with Crippen molar-refractivity contribution < 1.29 is 4.74 Å². The number of fused-ring (bicyclic) bond motifs is 1. The van der Waals surface area contributed by atoms with Crippen molar-refractivity contribution in [3.63, 3.8) is 0 Å². The summed E-state index contributed by atoms with van der Waals surface area (Å²) in [5.41, 5.74) is 4.44. The molecule has 1 aromatic carbocycles. The van der Waals surface area contributed by atoms with Crippen LogP contribution in [0, 0.1) is 0 Å². The number of thiol groups is 1. The highest BCUT2D eigenvalue weighted by Crippen LogP contribution is 2.33. The SMILES string of the molecule is NNc1nc(-c2cccc3[nH]ncc23)nc(N2CCOCC2)c1S. The first-order valence-electron chi connectivity index (χ1n) is 7.60. The number of nitrogens with zero attached hydrogens (tertiary/aromatic N) is 4. The van der Waals surface area contributed by atoms with Crippen molar-refractivity contribution in [1.29, 1.82) is 0 Å². The van der Waals surface area contributed by atoms with Gasteiger partial charge in [0.15, 0.2) is 11.6 Å². The largest absolute Gasteiger partial charge is 0.378 e. The average molecular weight is 343 g/mol. The van der Waals surface area contributed by atoms with Crippen LogP contribution >= 0.6 is 12.6 Å². The van der Waals surface area contributed by atoms with Gasteiger partial charge in [-0.1, -0.05) is 12.1 Å². The Morgan fingerprint density at radius 3 is 2.88 bits per heavy atom. The molecule has 9 heteroatoms. The fourth-order valence-electron chi connectivity index (χ4n) is 2.82. The van der Waals surface area contributed by atoms with E-state index in [0.717, 1.165) is 35.4 Å². The van der Waals surface area contributed by atoms with Gasteiger partial charge in [-0.15, -0.1) is 12.6 Å². The van der Waals surface area contributed by atoms with E-state index in [-0.39, 0.29) is 0 Å². The van der Waals surface area contributed by atoms with E-state index in [1.165, 1.54) is 0 Å². The van der Waals surface area contributed by atoms with Crippen molar-refractivity contribution in [1.82, 2.24) is 20.2 Å². The van der Waals surface area contributed by atoms with Gasteiger partial charge >= 0.3 is 0 Å². The molecule has 2 aromatic heterocycles. The molecule has 0 saturated carbocycles. The molecule has 0 bridgehead atoms. The van der Waals surface area contributed by atoms with E-state index in [1.807, 2.05) is 18.2 Å². The molecule has 24 heavy (non-hydrogen) atoms. The number of rotatable bonds is 3. The van der Waals surface area contributed by atoms with Crippen molar-refractivity contribution in [3.8, 4) is 11.4 Å². The predicted molar refractivity (Wildman–Crippen MR) is 95.2 cm³/mol. The van der Waals surface area contributed by atoms with Crippen LogP contribution in [-0.4, -0.2) is 46.5 Å². The minimum atomic E-state index is 0.491. The quantitative estimate of drug-likeness (QED) is 0.324. The van der Waals surface area contributed by atoms with Gasteiger partial charge in [0.1, 0.15) is 5.82 Å². The Labute approximate surface area is 143 Å². The molecule has 1 saturated heterocycles. The van der Waals surface area contributed by atoms with Crippen LogP contribution in [0.3, 0.4) is 0 Å². The number of benzene rings is 1. The molecule has 1 aliphatic heterocycles. The number of hydrogen-bond acceptors (Lipinski definition) is 8. The molecule has 3 heterocycles. The van der Waals surface area contributed by atoms with Crippen molar-refractivity contribution in [2.24, 2.45) is 5.84 Å². The van der Waals surface area contributed by atoms with Crippen LogP contribution in [0.25, 0.3) is 22.3 Å². The number of nitrogens with one attached hydrogen (secondary N) is 2. The Morgan fingerprint density at radius 2 is 2.08 bits per heavy atom. The maximum Gasteiger partial charge on any atom is 0.164 e. The minimum Gasteiger partial charge on any atom is -0.378 e. The highest BCUT2D eigenvalue weighted by atomic mass is 32.1. The van der Waals surface area contributed by atoms with Gasteiger partial charge in [-0.2, -0.15) is 5.10 Å². The summed E-state index contributed by atoms with van der Waals surface area (Å²) in [7, 11) is 0. The molecule has 0 aliphatic carbocycles. The Hall–Kier alpha value is -2.36. The number of nitrogen functional groups attached to an aromatic ring is 1. The normalized spacial score (nSPS) is 15.0. The highest BCUT2D eigenvalue weighted by molar-refractivity contribution is 7.80. The monoisotopic (exact) mass is 343 g/mol. The number of ether oxygens (including phenoxy) is 1. The molecular weight excluding hydrogens is 326 g/mol. The summed E-state index contributed by atoms with van der Waals surface area (Å²) >= 11 is 4.55. The van der Waals surface area contributed by atoms with Crippen molar-refractivity contribution in [3.05, 3.63) is 24.4 Å². The first-order valence-corrected chi connectivity index (χ1v) is 8.05. The van der Waals surface area contributed by atoms with Crippen LogP contribution in [0.4, 0.5) is 11.6 Å². The molecule has 124 valence electrons. The van der Waals surface area contributed by atoms with E-state index < -0.39 is 0 Å². The van der Waals surface area contributed by atoms with Gasteiger partial charge in [-0.05, 0) is 6.07 Å². The molecule has 3 aromatic rings. The molecule has 4 rings (SSSR count). The van der Waals surface area contributed by atoms with Crippen molar-refractivity contribution in [2.75, 3.05) is 36.6 Å². The topological polar surface area (TPSA) is 105 Å². The number of morpholine rings is 1. The molecule has 0 radical (unpaired) electrons. The van der Waals surface area contributed by atoms with E-state index in [2.05, 4.69) is 38.1 Å². The number of nitrogens with two attached hydrogens (primary N) is 1. The molecule has 0 spiro atoms. The van der Waals surface area contributed by atoms with Gasteiger partial charge in [-0.3, -0.25) is 5.10 Å². The second kappa shape index (κ2) is 6.27. The van der Waals surface area contributed by atoms with Crippen LogP contribution < -0.4 is 16.2 Å². The van der Waals surface area contributed by atoms with Crippen LogP contribution in [0.5, 0.6) is 0 Å². The van der Waals surface area contributed by atoms with E-state index in [1.54, 1.807) is 6.20 Å². The Balaban J connectivity index is 1.88. The third kappa shape index (κ3) is 2.56.